The van der Waals surface area contributed by atoms with Crippen molar-refractivity contribution in [3.63, 3.8) is 0 Å². The summed E-state index contributed by atoms with van der Waals surface area (Å²) in [7, 11) is 0. The average Bonchev–Trinajstić information content (AvgIpc) is 2.77. The first-order valence-electron chi connectivity index (χ1n) is 5.32. The van der Waals surface area contributed by atoms with E-state index in [1.54, 1.807) is 42.7 Å². The van der Waals surface area contributed by atoms with Crippen LogP contribution in [-0.4, -0.2) is 19.9 Å². The van der Waals surface area contributed by atoms with Crippen LogP contribution >= 0.6 is 0 Å². The van der Waals surface area contributed by atoms with Gasteiger partial charge in [0.05, 0.1) is 17.1 Å². The Bertz CT molecular complexity index is 756. The van der Waals surface area contributed by atoms with E-state index in [0.717, 1.165) is 10.3 Å². The highest BCUT2D eigenvalue weighted by molar-refractivity contribution is 5.81. The maximum Gasteiger partial charge on any atom is 0.176 e. The van der Waals surface area contributed by atoms with Gasteiger partial charge >= 0.3 is 0 Å². The number of aromatic nitrogens is 3. The Morgan fingerprint density at radius 3 is 2.67 bits per heavy atom. The standard InChI is InChI=1S/C13H8N4O/c14-8-9-1-2-11-12(7-9)17(18)13(16-11)10-3-5-15-6-4-10/h1-7,18H. The van der Waals surface area contributed by atoms with Crippen LogP contribution in [0.5, 0.6) is 0 Å². The summed E-state index contributed by atoms with van der Waals surface area (Å²) in [6.07, 6.45) is 3.27. The van der Waals surface area contributed by atoms with E-state index in [0.29, 0.717) is 22.4 Å². The molecule has 3 aromatic rings. The van der Waals surface area contributed by atoms with E-state index in [9.17, 15) is 5.21 Å². The van der Waals surface area contributed by atoms with Gasteiger partial charge in [0.2, 0.25) is 0 Å². The fourth-order valence-electron chi connectivity index (χ4n) is 1.82. The van der Waals surface area contributed by atoms with Gasteiger partial charge in [-0.25, -0.2) is 4.98 Å². The Kier molecular flexibility index (Phi) is 2.21. The summed E-state index contributed by atoms with van der Waals surface area (Å²) in [4.78, 5) is 8.25. The number of pyridine rings is 1. The Morgan fingerprint density at radius 2 is 1.94 bits per heavy atom. The molecule has 0 spiro atoms. The molecule has 0 aliphatic carbocycles. The second kappa shape index (κ2) is 3.86. The molecule has 2 aromatic heterocycles. The van der Waals surface area contributed by atoms with Crippen LogP contribution < -0.4 is 0 Å². The molecule has 0 atom stereocenters. The first kappa shape index (κ1) is 10.3. The quantitative estimate of drug-likeness (QED) is 0.657. The molecule has 2 heterocycles. The molecule has 0 amide bonds. The van der Waals surface area contributed by atoms with E-state index in [2.05, 4.69) is 9.97 Å². The first-order chi connectivity index (χ1) is 8.79. The number of nitriles is 1. The number of rotatable bonds is 1. The maximum absolute atomic E-state index is 10.1. The molecular weight excluding hydrogens is 228 g/mol. The van der Waals surface area contributed by atoms with Crippen molar-refractivity contribution in [3.05, 3.63) is 48.3 Å². The molecule has 18 heavy (non-hydrogen) atoms. The topological polar surface area (TPSA) is 74.7 Å². The Labute approximate surface area is 103 Å². The largest absolute Gasteiger partial charge is 0.426 e. The van der Waals surface area contributed by atoms with Gasteiger partial charge in [-0.05, 0) is 30.3 Å². The summed E-state index contributed by atoms with van der Waals surface area (Å²) in [5.41, 5.74) is 2.41. The first-order valence-corrected chi connectivity index (χ1v) is 5.32. The van der Waals surface area contributed by atoms with E-state index < -0.39 is 0 Å². The lowest BCUT2D eigenvalue weighted by molar-refractivity contribution is 0.203. The maximum atomic E-state index is 10.1. The predicted molar refractivity (Wildman–Crippen MR) is 64.9 cm³/mol. The van der Waals surface area contributed by atoms with Crippen LogP contribution in [-0.2, 0) is 0 Å². The van der Waals surface area contributed by atoms with Crippen molar-refractivity contribution >= 4 is 11.0 Å². The van der Waals surface area contributed by atoms with Crippen molar-refractivity contribution in [1.29, 1.82) is 5.26 Å². The van der Waals surface area contributed by atoms with E-state index >= 15 is 0 Å². The number of imidazole rings is 1. The van der Waals surface area contributed by atoms with Crippen LogP contribution in [0.2, 0.25) is 0 Å². The van der Waals surface area contributed by atoms with Gasteiger partial charge in [0.25, 0.3) is 0 Å². The number of hydrogen-bond acceptors (Lipinski definition) is 4. The van der Waals surface area contributed by atoms with E-state index in [1.807, 2.05) is 6.07 Å². The molecule has 0 fully saturated rings. The zero-order valence-corrected chi connectivity index (χ0v) is 9.28. The van der Waals surface area contributed by atoms with Gasteiger partial charge in [0, 0.05) is 18.0 Å². The second-order valence-electron chi connectivity index (χ2n) is 3.80. The summed E-state index contributed by atoms with van der Waals surface area (Å²) < 4.78 is 0.992. The molecule has 0 unspecified atom stereocenters. The molecule has 5 heteroatoms. The lowest BCUT2D eigenvalue weighted by Crippen LogP contribution is -1.94. The van der Waals surface area contributed by atoms with Crippen molar-refractivity contribution < 1.29 is 5.21 Å². The highest BCUT2D eigenvalue weighted by atomic mass is 16.5. The molecule has 1 aromatic carbocycles. The van der Waals surface area contributed by atoms with Gasteiger partial charge in [-0.2, -0.15) is 9.99 Å². The number of hydrogen-bond donors (Lipinski definition) is 1. The Balaban J connectivity index is 2.27. The molecular formula is C13H8N4O. The summed E-state index contributed by atoms with van der Waals surface area (Å²) in [6, 6.07) is 10.5. The summed E-state index contributed by atoms with van der Waals surface area (Å²) in [5, 5.41) is 18.9. The van der Waals surface area contributed by atoms with Crippen molar-refractivity contribution in [3.8, 4) is 17.5 Å². The summed E-state index contributed by atoms with van der Waals surface area (Å²) in [6.45, 7) is 0. The van der Waals surface area contributed by atoms with Crippen LogP contribution in [0.3, 0.4) is 0 Å². The van der Waals surface area contributed by atoms with Crippen molar-refractivity contribution in [2.45, 2.75) is 0 Å². The number of fused-ring (bicyclic) bond motifs is 1. The van der Waals surface area contributed by atoms with Gasteiger partial charge in [-0.15, -0.1) is 0 Å². The van der Waals surface area contributed by atoms with Gasteiger partial charge in [-0.1, -0.05) is 0 Å². The molecule has 0 saturated carbocycles. The van der Waals surface area contributed by atoms with Crippen LogP contribution in [0.4, 0.5) is 0 Å². The highest BCUT2D eigenvalue weighted by Gasteiger charge is 2.12. The number of benzene rings is 1. The predicted octanol–water partition coefficient (Wildman–Crippen LogP) is 2.21. The molecule has 1 N–H and O–H groups in total. The molecule has 0 saturated heterocycles. The van der Waals surface area contributed by atoms with Gasteiger partial charge in [-0.3, -0.25) is 4.98 Å². The van der Waals surface area contributed by atoms with Crippen LogP contribution in [0, 0.1) is 11.3 Å². The SMILES string of the molecule is N#Cc1ccc2nc(-c3ccncc3)n(O)c2c1. The molecule has 0 aliphatic rings. The van der Waals surface area contributed by atoms with E-state index in [4.69, 9.17) is 5.26 Å². The van der Waals surface area contributed by atoms with E-state index in [-0.39, 0.29) is 0 Å². The lowest BCUT2D eigenvalue weighted by atomic mass is 10.2. The molecule has 5 nitrogen and oxygen atoms in total. The summed E-state index contributed by atoms with van der Waals surface area (Å²) in [5.74, 6) is 0.433. The fraction of sp³-hybridized carbons (Fsp3) is 0. The van der Waals surface area contributed by atoms with Crippen LogP contribution in [0.1, 0.15) is 5.56 Å². The molecule has 0 bridgehead atoms. The zero-order chi connectivity index (χ0) is 12.5. The van der Waals surface area contributed by atoms with Gasteiger partial charge in [0.15, 0.2) is 5.82 Å². The Morgan fingerprint density at radius 1 is 1.17 bits per heavy atom. The van der Waals surface area contributed by atoms with Crippen molar-refractivity contribution in [2.75, 3.05) is 0 Å². The van der Waals surface area contributed by atoms with Gasteiger partial charge in [0.1, 0.15) is 5.52 Å². The van der Waals surface area contributed by atoms with Crippen molar-refractivity contribution in [1.82, 2.24) is 14.7 Å². The molecule has 3 rings (SSSR count). The highest BCUT2D eigenvalue weighted by Crippen LogP contribution is 2.23. The lowest BCUT2D eigenvalue weighted by Gasteiger charge is -1.99. The third kappa shape index (κ3) is 1.48. The number of nitrogens with zero attached hydrogens (tertiary/aromatic N) is 4. The minimum atomic E-state index is 0.433. The molecule has 86 valence electrons. The van der Waals surface area contributed by atoms with E-state index in [1.165, 1.54) is 0 Å². The second-order valence-corrected chi connectivity index (χ2v) is 3.80. The van der Waals surface area contributed by atoms with Gasteiger partial charge < -0.3 is 5.21 Å². The van der Waals surface area contributed by atoms with Crippen LogP contribution in [0.15, 0.2) is 42.7 Å². The molecule has 0 aliphatic heterocycles. The third-order valence-electron chi connectivity index (χ3n) is 2.70. The zero-order valence-electron chi connectivity index (χ0n) is 9.28. The van der Waals surface area contributed by atoms with Crippen molar-refractivity contribution in [2.24, 2.45) is 0 Å². The Hall–Kier alpha value is -2.87. The minimum absolute atomic E-state index is 0.433. The smallest absolute Gasteiger partial charge is 0.176 e. The normalized spacial score (nSPS) is 10.4. The monoisotopic (exact) mass is 236 g/mol. The summed E-state index contributed by atoms with van der Waals surface area (Å²) >= 11 is 0. The van der Waals surface area contributed by atoms with Crippen LogP contribution in [0.25, 0.3) is 22.4 Å². The molecule has 0 radical (unpaired) electrons. The fourth-order valence-corrected chi connectivity index (χ4v) is 1.82. The minimum Gasteiger partial charge on any atom is -0.426 e. The average molecular weight is 236 g/mol. The third-order valence-corrected chi connectivity index (χ3v) is 2.70.